The number of ketones is 1. The van der Waals surface area contributed by atoms with Crippen molar-refractivity contribution < 1.29 is 18.7 Å². The lowest BCUT2D eigenvalue weighted by Crippen LogP contribution is -2.10. The van der Waals surface area contributed by atoms with E-state index in [0.29, 0.717) is 36.5 Å². The van der Waals surface area contributed by atoms with Crippen LogP contribution in [-0.4, -0.2) is 25.6 Å². The van der Waals surface area contributed by atoms with Gasteiger partial charge in [0, 0.05) is 19.6 Å². The maximum absolute atomic E-state index is 12.1. The van der Waals surface area contributed by atoms with Crippen molar-refractivity contribution in [3.05, 3.63) is 40.2 Å². The number of rotatable bonds is 6. The Labute approximate surface area is 116 Å². The molecule has 0 radical (unpaired) electrons. The SMILES string of the molecule is CCOCCOc1cccc2oc(C(C)=O)cc(=O)c12. The minimum absolute atomic E-state index is 0.0500. The topological polar surface area (TPSA) is 65.7 Å². The van der Waals surface area contributed by atoms with E-state index in [1.807, 2.05) is 6.92 Å². The summed E-state index contributed by atoms with van der Waals surface area (Å²) >= 11 is 0. The maximum atomic E-state index is 12.1. The third-order valence-electron chi connectivity index (χ3n) is 2.75. The molecule has 5 nitrogen and oxygen atoms in total. The third-order valence-corrected chi connectivity index (χ3v) is 2.75. The van der Waals surface area contributed by atoms with Crippen molar-refractivity contribution >= 4 is 16.8 Å². The van der Waals surface area contributed by atoms with Gasteiger partial charge in [0.25, 0.3) is 0 Å². The number of benzene rings is 1. The summed E-state index contributed by atoms with van der Waals surface area (Å²) < 4.78 is 16.1. The van der Waals surface area contributed by atoms with Crippen LogP contribution in [-0.2, 0) is 4.74 Å². The second kappa shape index (κ2) is 6.34. The Kier molecular flexibility index (Phi) is 4.53. The van der Waals surface area contributed by atoms with Crippen LogP contribution in [0.25, 0.3) is 11.0 Å². The first-order valence-electron chi connectivity index (χ1n) is 6.42. The van der Waals surface area contributed by atoms with E-state index >= 15 is 0 Å². The highest BCUT2D eigenvalue weighted by Crippen LogP contribution is 2.23. The molecule has 1 aromatic carbocycles. The Morgan fingerprint density at radius 2 is 2.10 bits per heavy atom. The largest absolute Gasteiger partial charge is 0.490 e. The third kappa shape index (κ3) is 3.05. The van der Waals surface area contributed by atoms with Crippen LogP contribution < -0.4 is 10.2 Å². The Bertz CT molecular complexity index is 672. The lowest BCUT2D eigenvalue weighted by Gasteiger charge is -2.08. The van der Waals surface area contributed by atoms with E-state index in [1.54, 1.807) is 18.2 Å². The molecule has 0 saturated heterocycles. The predicted octanol–water partition coefficient (Wildman–Crippen LogP) is 2.41. The molecule has 0 fully saturated rings. The zero-order valence-corrected chi connectivity index (χ0v) is 11.5. The van der Waals surface area contributed by atoms with Crippen molar-refractivity contribution in [2.75, 3.05) is 19.8 Å². The highest BCUT2D eigenvalue weighted by Gasteiger charge is 2.12. The molecule has 0 saturated carbocycles. The zero-order valence-electron chi connectivity index (χ0n) is 11.5. The molecule has 0 bridgehead atoms. The van der Waals surface area contributed by atoms with Crippen molar-refractivity contribution in [3.63, 3.8) is 0 Å². The molecule has 0 atom stereocenters. The molecule has 0 amide bonds. The van der Waals surface area contributed by atoms with Gasteiger partial charge >= 0.3 is 0 Å². The van der Waals surface area contributed by atoms with Crippen LogP contribution in [0.1, 0.15) is 24.4 Å². The number of hydrogen-bond acceptors (Lipinski definition) is 5. The average molecular weight is 276 g/mol. The molecule has 106 valence electrons. The second-order valence-corrected chi connectivity index (χ2v) is 4.21. The molecular formula is C15H16O5. The molecular weight excluding hydrogens is 260 g/mol. The van der Waals surface area contributed by atoms with Crippen LogP contribution in [0, 0.1) is 0 Å². The zero-order chi connectivity index (χ0) is 14.5. The standard InChI is InChI=1S/C15H16O5/c1-3-18-7-8-19-12-5-4-6-13-15(12)11(17)9-14(20-13)10(2)16/h4-6,9H,3,7-8H2,1-2H3. The fourth-order valence-electron chi connectivity index (χ4n) is 1.83. The Hall–Kier alpha value is -2.14. The quantitative estimate of drug-likeness (QED) is 0.598. The summed E-state index contributed by atoms with van der Waals surface area (Å²) in [5.41, 5.74) is 0.0556. The van der Waals surface area contributed by atoms with Gasteiger partial charge in [0.2, 0.25) is 0 Å². The van der Waals surface area contributed by atoms with Gasteiger partial charge in [-0.15, -0.1) is 0 Å². The van der Waals surface area contributed by atoms with E-state index in [2.05, 4.69) is 0 Å². The number of fused-ring (bicyclic) bond motifs is 1. The summed E-state index contributed by atoms with van der Waals surface area (Å²) in [5.74, 6) is 0.201. The summed E-state index contributed by atoms with van der Waals surface area (Å²) in [6.45, 7) is 4.66. The van der Waals surface area contributed by atoms with Crippen molar-refractivity contribution in [3.8, 4) is 5.75 Å². The summed E-state index contributed by atoms with van der Waals surface area (Å²) in [7, 11) is 0. The number of carbonyl (C=O) groups is 1. The summed E-state index contributed by atoms with van der Waals surface area (Å²) in [6.07, 6.45) is 0. The van der Waals surface area contributed by atoms with E-state index in [0.717, 1.165) is 0 Å². The lowest BCUT2D eigenvalue weighted by atomic mass is 10.2. The van der Waals surface area contributed by atoms with Gasteiger partial charge < -0.3 is 13.9 Å². The molecule has 2 rings (SSSR count). The van der Waals surface area contributed by atoms with Crippen LogP contribution in [0.3, 0.4) is 0 Å². The molecule has 20 heavy (non-hydrogen) atoms. The number of hydrogen-bond donors (Lipinski definition) is 0. The van der Waals surface area contributed by atoms with Gasteiger partial charge in [-0.2, -0.15) is 0 Å². The molecule has 2 aromatic rings. The lowest BCUT2D eigenvalue weighted by molar-refractivity contribution is 0.0987. The van der Waals surface area contributed by atoms with Crippen LogP contribution in [0.4, 0.5) is 0 Å². The van der Waals surface area contributed by atoms with Gasteiger partial charge in [0.05, 0.1) is 6.61 Å². The molecule has 0 N–H and O–H groups in total. The van der Waals surface area contributed by atoms with Crippen molar-refractivity contribution in [2.45, 2.75) is 13.8 Å². The number of ether oxygens (including phenoxy) is 2. The van der Waals surface area contributed by atoms with Crippen LogP contribution in [0.5, 0.6) is 5.75 Å². The van der Waals surface area contributed by atoms with Crippen molar-refractivity contribution in [1.82, 2.24) is 0 Å². The molecule has 0 aliphatic heterocycles. The first-order valence-corrected chi connectivity index (χ1v) is 6.42. The van der Waals surface area contributed by atoms with Crippen LogP contribution in [0.15, 0.2) is 33.5 Å². The molecule has 0 aliphatic rings. The van der Waals surface area contributed by atoms with E-state index in [9.17, 15) is 9.59 Å². The Balaban J connectivity index is 2.37. The Morgan fingerprint density at radius 3 is 2.80 bits per heavy atom. The second-order valence-electron chi connectivity index (χ2n) is 4.21. The fraction of sp³-hybridized carbons (Fsp3) is 0.333. The first kappa shape index (κ1) is 14.3. The maximum Gasteiger partial charge on any atom is 0.197 e. The van der Waals surface area contributed by atoms with Gasteiger partial charge in [0.1, 0.15) is 23.3 Å². The number of carbonyl (C=O) groups excluding carboxylic acids is 1. The smallest absolute Gasteiger partial charge is 0.197 e. The summed E-state index contributed by atoms with van der Waals surface area (Å²) in [5, 5.41) is 0.342. The minimum Gasteiger partial charge on any atom is -0.490 e. The van der Waals surface area contributed by atoms with E-state index in [-0.39, 0.29) is 17.0 Å². The van der Waals surface area contributed by atoms with Gasteiger partial charge in [-0.25, -0.2) is 0 Å². The van der Waals surface area contributed by atoms with E-state index in [1.165, 1.54) is 13.0 Å². The molecule has 1 heterocycles. The van der Waals surface area contributed by atoms with Crippen molar-refractivity contribution in [1.29, 1.82) is 0 Å². The van der Waals surface area contributed by atoms with Crippen LogP contribution in [0.2, 0.25) is 0 Å². The van der Waals surface area contributed by atoms with Gasteiger partial charge in [-0.3, -0.25) is 9.59 Å². The average Bonchev–Trinajstić information content (AvgIpc) is 2.43. The minimum atomic E-state index is -0.288. The highest BCUT2D eigenvalue weighted by atomic mass is 16.5. The van der Waals surface area contributed by atoms with Gasteiger partial charge in [-0.1, -0.05) is 6.07 Å². The van der Waals surface area contributed by atoms with E-state index < -0.39 is 0 Å². The van der Waals surface area contributed by atoms with Gasteiger partial charge in [-0.05, 0) is 19.1 Å². The number of Topliss-reactive ketones (excluding diaryl/α,β-unsaturated/α-hetero) is 1. The van der Waals surface area contributed by atoms with Crippen molar-refractivity contribution in [2.24, 2.45) is 0 Å². The molecule has 5 heteroatoms. The molecule has 0 unspecified atom stereocenters. The molecule has 0 aliphatic carbocycles. The van der Waals surface area contributed by atoms with E-state index in [4.69, 9.17) is 13.9 Å². The monoisotopic (exact) mass is 276 g/mol. The predicted molar refractivity (Wildman–Crippen MR) is 74.5 cm³/mol. The fourth-order valence-corrected chi connectivity index (χ4v) is 1.83. The normalized spacial score (nSPS) is 10.7. The van der Waals surface area contributed by atoms with Crippen LogP contribution >= 0.6 is 0 Å². The highest BCUT2D eigenvalue weighted by molar-refractivity contribution is 5.93. The Morgan fingerprint density at radius 1 is 1.30 bits per heavy atom. The molecule has 0 spiro atoms. The van der Waals surface area contributed by atoms with Gasteiger partial charge in [0.15, 0.2) is 17.0 Å². The summed E-state index contributed by atoms with van der Waals surface area (Å²) in [6, 6.07) is 6.24. The summed E-state index contributed by atoms with van der Waals surface area (Å²) in [4.78, 5) is 23.4. The first-order chi connectivity index (χ1) is 9.63. The molecule has 1 aromatic heterocycles.